The van der Waals surface area contributed by atoms with Gasteiger partial charge in [0.25, 0.3) is 0 Å². The lowest BCUT2D eigenvalue weighted by molar-refractivity contribution is 0.0768. The molecule has 0 unspecified atom stereocenters. The summed E-state index contributed by atoms with van der Waals surface area (Å²) in [5.41, 5.74) is 0.988. The summed E-state index contributed by atoms with van der Waals surface area (Å²) in [5.74, 6) is -0.0589. The third kappa shape index (κ3) is 4.61. The fraction of sp³-hybridized carbons (Fsp3) is 0.273. The highest BCUT2D eigenvalue weighted by Gasteiger charge is 2.33. The van der Waals surface area contributed by atoms with E-state index in [1.54, 1.807) is 17.0 Å². The van der Waals surface area contributed by atoms with Crippen LogP contribution in [0.15, 0.2) is 46.9 Å². The van der Waals surface area contributed by atoms with E-state index < -0.39 is 18.0 Å². The van der Waals surface area contributed by atoms with Crippen molar-refractivity contribution in [1.29, 1.82) is 5.26 Å². The van der Waals surface area contributed by atoms with Crippen molar-refractivity contribution in [3.63, 3.8) is 0 Å². The summed E-state index contributed by atoms with van der Waals surface area (Å²) < 4.78 is 20.3. The number of carbonyl (C=O) groups excluding carboxylic acids is 1. The average molecular weight is 519 g/mol. The fourth-order valence-corrected chi connectivity index (χ4v) is 4.19. The molecule has 2 aromatic carbocycles. The van der Waals surface area contributed by atoms with Crippen molar-refractivity contribution < 1.29 is 13.9 Å². The van der Waals surface area contributed by atoms with Gasteiger partial charge in [-0.3, -0.25) is 0 Å². The Morgan fingerprint density at radius 2 is 2.03 bits per heavy atom. The van der Waals surface area contributed by atoms with Crippen LogP contribution >= 0.6 is 27.5 Å². The Hall–Kier alpha value is -2.96. The van der Waals surface area contributed by atoms with Crippen molar-refractivity contribution in [1.82, 2.24) is 14.9 Å². The van der Waals surface area contributed by atoms with E-state index in [4.69, 9.17) is 16.3 Å². The lowest BCUT2D eigenvalue weighted by Crippen LogP contribution is -2.55. The second-order valence-electron chi connectivity index (χ2n) is 7.27. The maximum absolute atomic E-state index is 14.6. The van der Waals surface area contributed by atoms with Gasteiger partial charge in [-0.2, -0.15) is 10.2 Å². The molecule has 164 valence electrons. The number of rotatable bonds is 4. The Kier molecular flexibility index (Phi) is 6.72. The van der Waals surface area contributed by atoms with E-state index in [1.807, 2.05) is 35.2 Å². The molecule has 0 radical (unpaired) electrons. The molecular weight excluding hydrogens is 501 g/mol. The van der Waals surface area contributed by atoms with Gasteiger partial charge in [-0.05, 0) is 45.2 Å². The zero-order chi connectivity index (χ0) is 22.7. The number of ether oxygens (including phenoxy) is 1. The number of amides is 1. The van der Waals surface area contributed by atoms with E-state index in [0.717, 1.165) is 5.56 Å². The van der Waals surface area contributed by atoms with Crippen molar-refractivity contribution in [3.05, 3.63) is 63.6 Å². The molecule has 1 fully saturated rings. The quantitative estimate of drug-likeness (QED) is 0.456. The minimum absolute atomic E-state index is 0.0777. The molecule has 0 spiro atoms. The predicted octanol–water partition coefficient (Wildman–Crippen LogP) is 4.93. The van der Waals surface area contributed by atoms with Gasteiger partial charge in [0.05, 0.1) is 23.0 Å². The molecule has 1 aliphatic heterocycles. The Balaban J connectivity index is 1.55. The lowest BCUT2D eigenvalue weighted by Gasteiger charge is -2.40. The van der Waals surface area contributed by atoms with E-state index in [9.17, 15) is 14.4 Å². The van der Waals surface area contributed by atoms with Crippen molar-refractivity contribution in [2.75, 3.05) is 24.5 Å². The Morgan fingerprint density at radius 1 is 1.25 bits per heavy atom. The summed E-state index contributed by atoms with van der Waals surface area (Å²) in [7, 11) is 0. The number of halogens is 3. The molecule has 1 saturated heterocycles. The smallest absolute Gasteiger partial charge is 0.410 e. The van der Waals surface area contributed by atoms with Crippen molar-refractivity contribution in [3.8, 4) is 6.07 Å². The number of fused-ring (bicyclic) bond motifs is 1. The van der Waals surface area contributed by atoms with Crippen LogP contribution in [0.5, 0.6) is 0 Å². The standard InChI is InChI=1S/C22H18BrClFN5O2/c23-17-7-6-16-19(18(17)25)27-21(24)28-20(16)29-10-11-30(15(12-29)8-9-26)22(31)32-13-14-4-2-1-3-5-14/h1-7,15H,8,10-13H2/t15-/m0/s1. The van der Waals surface area contributed by atoms with Crippen LogP contribution in [0.1, 0.15) is 12.0 Å². The molecular formula is C22H18BrClFN5O2. The van der Waals surface area contributed by atoms with Gasteiger partial charge >= 0.3 is 6.09 Å². The number of benzene rings is 2. The van der Waals surface area contributed by atoms with E-state index in [2.05, 4.69) is 32.0 Å². The molecule has 10 heteroatoms. The van der Waals surface area contributed by atoms with Gasteiger partial charge in [0.1, 0.15) is 17.9 Å². The Labute approximate surface area is 197 Å². The Morgan fingerprint density at radius 3 is 2.78 bits per heavy atom. The highest BCUT2D eigenvalue weighted by atomic mass is 79.9. The van der Waals surface area contributed by atoms with Crippen LogP contribution in [-0.2, 0) is 11.3 Å². The molecule has 0 saturated carbocycles. The van der Waals surface area contributed by atoms with Crippen LogP contribution in [0.4, 0.5) is 15.0 Å². The highest BCUT2D eigenvalue weighted by molar-refractivity contribution is 9.10. The Bertz CT molecular complexity index is 1190. The summed E-state index contributed by atoms with van der Waals surface area (Å²) >= 11 is 9.24. The molecule has 7 nitrogen and oxygen atoms in total. The molecule has 0 bridgehead atoms. The first-order valence-corrected chi connectivity index (χ1v) is 11.1. The molecule has 3 aromatic rings. The van der Waals surface area contributed by atoms with E-state index >= 15 is 0 Å². The van der Waals surface area contributed by atoms with Crippen LogP contribution in [0.2, 0.25) is 5.28 Å². The molecule has 1 atom stereocenters. The van der Waals surface area contributed by atoms with Crippen LogP contribution in [0.3, 0.4) is 0 Å². The van der Waals surface area contributed by atoms with Gasteiger partial charge in [0.2, 0.25) is 5.28 Å². The molecule has 1 amide bonds. The predicted molar refractivity (Wildman–Crippen MR) is 122 cm³/mol. The number of carbonyl (C=O) groups is 1. The summed E-state index contributed by atoms with van der Waals surface area (Å²) in [6.07, 6.45) is -0.359. The molecule has 0 N–H and O–H groups in total. The van der Waals surface area contributed by atoms with Crippen LogP contribution in [0.25, 0.3) is 10.9 Å². The average Bonchev–Trinajstić information content (AvgIpc) is 2.80. The van der Waals surface area contributed by atoms with Crippen LogP contribution in [-0.4, -0.2) is 46.6 Å². The maximum Gasteiger partial charge on any atom is 0.410 e. The summed E-state index contributed by atoms with van der Waals surface area (Å²) in [5, 5.41) is 9.74. The maximum atomic E-state index is 14.6. The van der Waals surface area contributed by atoms with Crippen molar-refractivity contribution in [2.24, 2.45) is 0 Å². The first kappa shape index (κ1) is 22.2. The van der Waals surface area contributed by atoms with Crippen molar-refractivity contribution in [2.45, 2.75) is 19.1 Å². The zero-order valence-corrected chi connectivity index (χ0v) is 19.2. The summed E-state index contributed by atoms with van der Waals surface area (Å²) in [6.45, 7) is 1.22. The summed E-state index contributed by atoms with van der Waals surface area (Å²) in [4.78, 5) is 24.5. The molecule has 4 rings (SSSR count). The largest absolute Gasteiger partial charge is 0.445 e. The lowest BCUT2D eigenvalue weighted by atomic mass is 10.1. The number of hydrogen-bond donors (Lipinski definition) is 0. The van der Waals surface area contributed by atoms with Gasteiger partial charge in [0.15, 0.2) is 5.82 Å². The minimum atomic E-state index is -0.523. The number of nitriles is 1. The normalized spacial score (nSPS) is 16.1. The minimum Gasteiger partial charge on any atom is -0.445 e. The number of aromatic nitrogens is 2. The highest BCUT2D eigenvalue weighted by Crippen LogP contribution is 2.32. The van der Waals surface area contributed by atoms with E-state index in [1.165, 1.54) is 0 Å². The van der Waals surface area contributed by atoms with E-state index in [0.29, 0.717) is 30.8 Å². The van der Waals surface area contributed by atoms with Gasteiger partial charge in [-0.25, -0.2) is 14.2 Å². The second kappa shape index (κ2) is 9.67. The SMILES string of the molecule is N#CC[C@H]1CN(c2nc(Cl)nc3c(F)c(Br)ccc23)CCN1C(=O)OCc1ccccc1. The summed E-state index contributed by atoms with van der Waals surface area (Å²) in [6, 6.07) is 14.4. The molecule has 0 aliphatic carbocycles. The van der Waals surface area contributed by atoms with Crippen molar-refractivity contribution >= 4 is 50.3 Å². The molecule has 1 aromatic heterocycles. The van der Waals surface area contributed by atoms with Gasteiger partial charge in [0, 0.05) is 25.0 Å². The topological polar surface area (TPSA) is 82.4 Å². The van der Waals surface area contributed by atoms with Gasteiger partial charge in [-0.1, -0.05) is 30.3 Å². The first-order chi connectivity index (χ1) is 15.5. The molecule has 2 heterocycles. The molecule has 1 aliphatic rings. The third-order valence-electron chi connectivity index (χ3n) is 5.26. The first-order valence-electron chi connectivity index (χ1n) is 9.88. The van der Waals surface area contributed by atoms with Gasteiger partial charge < -0.3 is 14.5 Å². The van der Waals surface area contributed by atoms with Gasteiger partial charge in [-0.15, -0.1) is 0 Å². The molecule has 32 heavy (non-hydrogen) atoms. The monoisotopic (exact) mass is 517 g/mol. The third-order valence-corrected chi connectivity index (χ3v) is 6.04. The second-order valence-corrected chi connectivity index (χ2v) is 8.46. The number of anilines is 1. The zero-order valence-electron chi connectivity index (χ0n) is 16.8. The fourth-order valence-electron chi connectivity index (χ4n) is 3.71. The van der Waals surface area contributed by atoms with Crippen LogP contribution < -0.4 is 4.90 Å². The van der Waals surface area contributed by atoms with E-state index in [-0.39, 0.29) is 28.3 Å². The van der Waals surface area contributed by atoms with Crippen LogP contribution in [0, 0.1) is 17.1 Å². The number of hydrogen-bond acceptors (Lipinski definition) is 6. The number of piperazine rings is 1. The number of nitrogens with zero attached hydrogens (tertiary/aromatic N) is 5.